The van der Waals surface area contributed by atoms with E-state index >= 15 is 0 Å². The molecule has 1 rings (SSSR count). The van der Waals surface area contributed by atoms with Crippen LogP contribution in [-0.2, 0) is 5.88 Å². The van der Waals surface area contributed by atoms with Gasteiger partial charge in [0, 0.05) is 17.5 Å². The molecule has 0 unspecified atom stereocenters. The quantitative estimate of drug-likeness (QED) is 0.765. The molecule has 0 saturated heterocycles. The van der Waals surface area contributed by atoms with E-state index in [1.54, 1.807) is 12.1 Å². The Balaban J connectivity index is 2.71. The van der Waals surface area contributed by atoms with Gasteiger partial charge in [-0.1, -0.05) is 12.1 Å². The predicted octanol–water partition coefficient (Wildman–Crippen LogP) is 2.56. The molecule has 76 valence electrons. The molecule has 0 spiro atoms. The fraction of sp³-hybridized carbons (Fsp3) is 0.364. The molecule has 1 aromatic carbocycles. The molecule has 0 aromatic heterocycles. The zero-order valence-corrected chi connectivity index (χ0v) is 9.14. The minimum atomic E-state index is -0.0406. The van der Waals surface area contributed by atoms with Gasteiger partial charge in [-0.3, -0.25) is 4.79 Å². The Hall–Kier alpha value is -1.02. The summed E-state index contributed by atoms with van der Waals surface area (Å²) in [5.41, 5.74) is 1.69. The topological polar surface area (TPSA) is 29.1 Å². The summed E-state index contributed by atoms with van der Waals surface area (Å²) in [6.07, 6.45) is 0. The molecule has 0 aliphatic carbocycles. The molecular weight excluding hydrogens is 198 g/mol. The lowest BCUT2D eigenvalue weighted by molar-refractivity contribution is 0.0943. The van der Waals surface area contributed by atoms with Crippen LogP contribution in [-0.4, -0.2) is 11.9 Å². The van der Waals surface area contributed by atoms with Gasteiger partial charge < -0.3 is 5.32 Å². The Kier molecular flexibility index (Phi) is 3.96. The fourth-order valence-corrected chi connectivity index (χ4v) is 1.27. The van der Waals surface area contributed by atoms with Crippen LogP contribution in [0.25, 0.3) is 0 Å². The molecule has 0 fully saturated rings. The molecule has 0 heterocycles. The average Bonchev–Trinajstić information content (AvgIpc) is 2.17. The first-order chi connectivity index (χ1) is 6.63. The second-order valence-corrected chi connectivity index (χ2v) is 3.73. The van der Waals surface area contributed by atoms with Crippen LogP contribution in [0.2, 0.25) is 0 Å². The van der Waals surface area contributed by atoms with E-state index < -0.39 is 0 Å². The molecule has 1 aromatic rings. The maximum absolute atomic E-state index is 11.5. The second-order valence-electron chi connectivity index (χ2n) is 3.46. The van der Waals surface area contributed by atoms with Gasteiger partial charge in [-0.05, 0) is 31.5 Å². The molecule has 0 aliphatic heterocycles. The summed E-state index contributed by atoms with van der Waals surface area (Å²) >= 11 is 5.64. The van der Waals surface area contributed by atoms with Crippen molar-refractivity contribution in [1.29, 1.82) is 0 Å². The van der Waals surface area contributed by atoms with E-state index in [0.29, 0.717) is 11.4 Å². The summed E-state index contributed by atoms with van der Waals surface area (Å²) in [4.78, 5) is 11.5. The van der Waals surface area contributed by atoms with Crippen LogP contribution in [0, 0.1) is 0 Å². The van der Waals surface area contributed by atoms with E-state index in [0.717, 1.165) is 5.56 Å². The van der Waals surface area contributed by atoms with E-state index in [2.05, 4.69) is 5.32 Å². The number of amides is 1. The summed E-state index contributed by atoms with van der Waals surface area (Å²) in [6, 6.07) is 7.46. The summed E-state index contributed by atoms with van der Waals surface area (Å²) in [5.74, 6) is 0.438. The van der Waals surface area contributed by atoms with Crippen LogP contribution >= 0.6 is 11.6 Å². The van der Waals surface area contributed by atoms with Crippen molar-refractivity contribution in [3.05, 3.63) is 35.4 Å². The van der Waals surface area contributed by atoms with Crippen molar-refractivity contribution in [2.24, 2.45) is 0 Å². The maximum atomic E-state index is 11.5. The lowest BCUT2D eigenvalue weighted by atomic mass is 10.1. The third kappa shape index (κ3) is 3.04. The van der Waals surface area contributed by atoms with E-state index in [-0.39, 0.29) is 11.9 Å². The number of alkyl halides is 1. The average molecular weight is 212 g/mol. The lowest BCUT2D eigenvalue weighted by Crippen LogP contribution is -2.29. The van der Waals surface area contributed by atoms with Gasteiger partial charge in [0.2, 0.25) is 0 Å². The Morgan fingerprint density at radius 1 is 1.36 bits per heavy atom. The van der Waals surface area contributed by atoms with Gasteiger partial charge >= 0.3 is 0 Å². The Morgan fingerprint density at radius 3 is 2.36 bits per heavy atom. The minimum Gasteiger partial charge on any atom is -0.350 e. The normalized spacial score (nSPS) is 10.3. The lowest BCUT2D eigenvalue weighted by Gasteiger charge is -2.08. The van der Waals surface area contributed by atoms with E-state index in [1.165, 1.54) is 0 Å². The SMILES string of the molecule is CC(C)NC(=O)c1ccc(CCl)cc1. The summed E-state index contributed by atoms with van der Waals surface area (Å²) in [7, 11) is 0. The molecule has 2 nitrogen and oxygen atoms in total. The van der Waals surface area contributed by atoms with E-state index in [1.807, 2.05) is 26.0 Å². The number of hydrogen-bond donors (Lipinski definition) is 1. The predicted molar refractivity (Wildman–Crippen MR) is 58.6 cm³/mol. The summed E-state index contributed by atoms with van der Waals surface area (Å²) < 4.78 is 0. The number of hydrogen-bond acceptors (Lipinski definition) is 1. The van der Waals surface area contributed by atoms with Crippen molar-refractivity contribution in [3.8, 4) is 0 Å². The molecule has 3 heteroatoms. The standard InChI is InChI=1S/C11H14ClNO/c1-8(2)13-11(14)10-5-3-9(7-12)4-6-10/h3-6,8H,7H2,1-2H3,(H,13,14). The molecule has 0 saturated carbocycles. The number of rotatable bonds is 3. The monoisotopic (exact) mass is 211 g/mol. The van der Waals surface area contributed by atoms with Crippen LogP contribution in [0.15, 0.2) is 24.3 Å². The molecule has 1 amide bonds. The maximum Gasteiger partial charge on any atom is 0.251 e. The zero-order chi connectivity index (χ0) is 10.6. The second kappa shape index (κ2) is 5.01. The van der Waals surface area contributed by atoms with Crippen LogP contribution < -0.4 is 5.32 Å². The van der Waals surface area contributed by atoms with Gasteiger partial charge in [0.25, 0.3) is 5.91 Å². The molecule has 14 heavy (non-hydrogen) atoms. The van der Waals surface area contributed by atoms with Gasteiger partial charge in [-0.15, -0.1) is 11.6 Å². The first-order valence-electron chi connectivity index (χ1n) is 4.59. The molecule has 0 aliphatic rings. The fourth-order valence-electron chi connectivity index (χ4n) is 1.09. The van der Waals surface area contributed by atoms with Crippen LogP contribution in [0.3, 0.4) is 0 Å². The van der Waals surface area contributed by atoms with Crippen LogP contribution in [0.5, 0.6) is 0 Å². The largest absolute Gasteiger partial charge is 0.350 e. The van der Waals surface area contributed by atoms with E-state index in [4.69, 9.17) is 11.6 Å². The zero-order valence-electron chi connectivity index (χ0n) is 8.38. The number of benzene rings is 1. The van der Waals surface area contributed by atoms with Crippen molar-refractivity contribution >= 4 is 17.5 Å². The molecule has 0 atom stereocenters. The third-order valence-corrected chi connectivity index (χ3v) is 2.10. The summed E-state index contributed by atoms with van der Waals surface area (Å²) in [5, 5.41) is 2.82. The van der Waals surface area contributed by atoms with Gasteiger partial charge in [0.1, 0.15) is 0 Å². The Bertz CT molecular complexity index is 306. The highest BCUT2D eigenvalue weighted by Crippen LogP contribution is 2.06. The van der Waals surface area contributed by atoms with Gasteiger partial charge in [-0.25, -0.2) is 0 Å². The van der Waals surface area contributed by atoms with Gasteiger partial charge in [-0.2, -0.15) is 0 Å². The van der Waals surface area contributed by atoms with Crippen molar-refractivity contribution < 1.29 is 4.79 Å². The molecular formula is C11H14ClNO. The van der Waals surface area contributed by atoms with Crippen molar-refractivity contribution in [1.82, 2.24) is 5.32 Å². The molecule has 0 bridgehead atoms. The Labute approximate surface area is 89.3 Å². The van der Waals surface area contributed by atoms with Gasteiger partial charge in [0.05, 0.1) is 0 Å². The molecule has 0 radical (unpaired) electrons. The number of halogens is 1. The van der Waals surface area contributed by atoms with Crippen LogP contribution in [0.1, 0.15) is 29.8 Å². The Morgan fingerprint density at radius 2 is 1.93 bits per heavy atom. The highest BCUT2D eigenvalue weighted by atomic mass is 35.5. The van der Waals surface area contributed by atoms with Crippen molar-refractivity contribution in [2.45, 2.75) is 25.8 Å². The highest BCUT2D eigenvalue weighted by molar-refractivity contribution is 6.17. The van der Waals surface area contributed by atoms with Crippen molar-refractivity contribution in [2.75, 3.05) is 0 Å². The van der Waals surface area contributed by atoms with E-state index in [9.17, 15) is 4.79 Å². The third-order valence-electron chi connectivity index (χ3n) is 1.79. The summed E-state index contributed by atoms with van der Waals surface area (Å²) in [6.45, 7) is 3.87. The smallest absolute Gasteiger partial charge is 0.251 e. The van der Waals surface area contributed by atoms with Crippen molar-refractivity contribution in [3.63, 3.8) is 0 Å². The number of nitrogens with one attached hydrogen (secondary N) is 1. The number of carbonyl (C=O) groups is 1. The minimum absolute atomic E-state index is 0.0406. The van der Waals surface area contributed by atoms with Gasteiger partial charge in [0.15, 0.2) is 0 Å². The highest BCUT2D eigenvalue weighted by Gasteiger charge is 2.05. The first kappa shape index (κ1) is 11.1. The van der Waals surface area contributed by atoms with Crippen LogP contribution in [0.4, 0.5) is 0 Å². The molecule has 1 N–H and O–H groups in total. The first-order valence-corrected chi connectivity index (χ1v) is 5.12. The number of carbonyl (C=O) groups excluding carboxylic acids is 1.